The summed E-state index contributed by atoms with van der Waals surface area (Å²) in [6.07, 6.45) is 0.593. The number of hydrogen-bond acceptors (Lipinski definition) is 6. The van der Waals surface area contributed by atoms with Gasteiger partial charge in [0.2, 0.25) is 0 Å². The SMILES string of the molecule is COc1cc(C#N)ccc1Oc1ccc(N[C@H]2C[C@@H](C)OC2=O)cc1. The second kappa shape index (κ2) is 7.14. The average Bonchev–Trinajstić information content (AvgIpc) is 2.94. The molecule has 0 spiro atoms. The molecule has 1 heterocycles. The Hall–Kier alpha value is -3.20. The zero-order chi connectivity index (χ0) is 17.8. The Morgan fingerprint density at radius 3 is 2.56 bits per heavy atom. The molecule has 128 valence electrons. The molecular formula is C19H18N2O4. The van der Waals surface area contributed by atoms with Gasteiger partial charge in [0.1, 0.15) is 17.9 Å². The van der Waals surface area contributed by atoms with Gasteiger partial charge in [-0.25, -0.2) is 4.79 Å². The summed E-state index contributed by atoms with van der Waals surface area (Å²) in [5, 5.41) is 12.1. The van der Waals surface area contributed by atoms with Crippen molar-refractivity contribution in [3.8, 4) is 23.3 Å². The smallest absolute Gasteiger partial charge is 0.328 e. The summed E-state index contributed by atoms with van der Waals surface area (Å²) in [4.78, 5) is 11.7. The van der Waals surface area contributed by atoms with Gasteiger partial charge in [-0.05, 0) is 43.3 Å². The van der Waals surface area contributed by atoms with Gasteiger partial charge in [0.05, 0.1) is 18.7 Å². The first-order valence-corrected chi connectivity index (χ1v) is 7.92. The molecule has 0 aliphatic carbocycles. The van der Waals surface area contributed by atoms with Crippen LogP contribution in [0.15, 0.2) is 42.5 Å². The van der Waals surface area contributed by atoms with E-state index in [2.05, 4.69) is 11.4 Å². The third kappa shape index (κ3) is 3.83. The van der Waals surface area contributed by atoms with E-state index in [-0.39, 0.29) is 18.1 Å². The van der Waals surface area contributed by atoms with Crippen LogP contribution in [-0.2, 0) is 9.53 Å². The van der Waals surface area contributed by atoms with Gasteiger partial charge in [0.25, 0.3) is 0 Å². The Morgan fingerprint density at radius 2 is 1.96 bits per heavy atom. The molecule has 6 nitrogen and oxygen atoms in total. The minimum absolute atomic E-state index is 0.0588. The van der Waals surface area contributed by atoms with Gasteiger partial charge in [-0.2, -0.15) is 5.26 Å². The first-order valence-electron chi connectivity index (χ1n) is 7.92. The van der Waals surface area contributed by atoms with Crippen LogP contribution in [0.5, 0.6) is 17.2 Å². The number of nitrogens with zero attached hydrogens (tertiary/aromatic N) is 1. The molecule has 2 atom stereocenters. The molecule has 2 aromatic carbocycles. The maximum atomic E-state index is 11.7. The van der Waals surface area contributed by atoms with Crippen LogP contribution >= 0.6 is 0 Å². The first kappa shape index (κ1) is 16.7. The van der Waals surface area contributed by atoms with Gasteiger partial charge < -0.3 is 19.5 Å². The number of ether oxygens (including phenoxy) is 3. The topological polar surface area (TPSA) is 80.6 Å². The van der Waals surface area contributed by atoms with Crippen molar-refractivity contribution in [1.82, 2.24) is 0 Å². The van der Waals surface area contributed by atoms with Crippen molar-refractivity contribution in [3.63, 3.8) is 0 Å². The fourth-order valence-corrected chi connectivity index (χ4v) is 2.64. The Bertz CT molecular complexity index is 811. The van der Waals surface area contributed by atoms with Crippen LogP contribution in [0.2, 0.25) is 0 Å². The van der Waals surface area contributed by atoms with Crippen molar-refractivity contribution < 1.29 is 19.0 Å². The molecule has 0 unspecified atom stereocenters. The van der Waals surface area contributed by atoms with E-state index in [1.807, 2.05) is 19.1 Å². The lowest BCUT2D eigenvalue weighted by Gasteiger charge is -2.13. The average molecular weight is 338 g/mol. The van der Waals surface area contributed by atoms with Crippen molar-refractivity contribution in [2.45, 2.75) is 25.5 Å². The number of nitrogens with one attached hydrogen (secondary N) is 1. The van der Waals surface area contributed by atoms with E-state index in [9.17, 15) is 4.79 Å². The van der Waals surface area contributed by atoms with Crippen LogP contribution in [0.4, 0.5) is 5.69 Å². The highest BCUT2D eigenvalue weighted by Gasteiger charge is 2.31. The van der Waals surface area contributed by atoms with Crippen LogP contribution in [0.1, 0.15) is 18.9 Å². The number of benzene rings is 2. The second-order valence-electron chi connectivity index (χ2n) is 5.78. The van der Waals surface area contributed by atoms with E-state index in [0.717, 1.165) is 5.69 Å². The highest BCUT2D eigenvalue weighted by atomic mass is 16.6. The highest BCUT2D eigenvalue weighted by molar-refractivity contribution is 5.81. The number of anilines is 1. The molecule has 1 saturated heterocycles. The van der Waals surface area contributed by atoms with E-state index >= 15 is 0 Å². The van der Waals surface area contributed by atoms with Crippen molar-refractivity contribution in [1.29, 1.82) is 5.26 Å². The minimum Gasteiger partial charge on any atom is -0.493 e. The number of carbonyl (C=O) groups excluding carboxylic acids is 1. The highest BCUT2D eigenvalue weighted by Crippen LogP contribution is 2.32. The molecule has 1 fully saturated rings. The van der Waals surface area contributed by atoms with Crippen LogP contribution in [-0.4, -0.2) is 25.2 Å². The quantitative estimate of drug-likeness (QED) is 0.841. The molecule has 0 aromatic heterocycles. The molecule has 25 heavy (non-hydrogen) atoms. The number of methoxy groups -OCH3 is 1. The van der Waals surface area contributed by atoms with E-state index in [0.29, 0.717) is 29.2 Å². The number of carbonyl (C=O) groups is 1. The lowest BCUT2D eigenvalue weighted by Crippen LogP contribution is -2.24. The van der Waals surface area contributed by atoms with Crippen LogP contribution < -0.4 is 14.8 Å². The number of nitriles is 1. The molecule has 0 radical (unpaired) electrons. The summed E-state index contributed by atoms with van der Waals surface area (Å²) >= 11 is 0. The van der Waals surface area contributed by atoms with Gasteiger partial charge in [0, 0.05) is 18.2 Å². The van der Waals surface area contributed by atoms with Crippen LogP contribution in [0.25, 0.3) is 0 Å². The normalized spacial score (nSPS) is 19.0. The lowest BCUT2D eigenvalue weighted by atomic mass is 10.2. The molecule has 6 heteroatoms. The lowest BCUT2D eigenvalue weighted by molar-refractivity contribution is -0.141. The summed E-state index contributed by atoms with van der Waals surface area (Å²) in [6, 6.07) is 14.0. The predicted molar refractivity (Wildman–Crippen MR) is 91.8 cm³/mol. The largest absolute Gasteiger partial charge is 0.493 e. The van der Waals surface area contributed by atoms with E-state index in [4.69, 9.17) is 19.5 Å². The number of esters is 1. The van der Waals surface area contributed by atoms with Gasteiger partial charge in [0.15, 0.2) is 11.5 Å². The maximum Gasteiger partial charge on any atom is 0.328 e. The molecular weight excluding hydrogens is 320 g/mol. The zero-order valence-corrected chi connectivity index (χ0v) is 14.0. The zero-order valence-electron chi connectivity index (χ0n) is 14.0. The van der Waals surface area contributed by atoms with Gasteiger partial charge in [-0.15, -0.1) is 0 Å². The maximum absolute atomic E-state index is 11.7. The van der Waals surface area contributed by atoms with Crippen molar-refractivity contribution in [2.24, 2.45) is 0 Å². The minimum atomic E-state index is -0.319. The first-order chi connectivity index (χ1) is 12.1. The van der Waals surface area contributed by atoms with E-state index in [1.54, 1.807) is 30.3 Å². The molecule has 0 saturated carbocycles. The third-order valence-corrected chi connectivity index (χ3v) is 3.89. The predicted octanol–water partition coefficient (Wildman–Crippen LogP) is 3.48. The molecule has 1 N–H and O–H groups in total. The van der Waals surface area contributed by atoms with E-state index < -0.39 is 0 Å². The number of cyclic esters (lactones) is 1. The van der Waals surface area contributed by atoms with Gasteiger partial charge >= 0.3 is 5.97 Å². The van der Waals surface area contributed by atoms with Crippen LogP contribution in [0.3, 0.4) is 0 Å². The summed E-state index contributed by atoms with van der Waals surface area (Å²) in [5.74, 6) is 1.41. The Balaban J connectivity index is 1.69. The fourth-order valence-electron chi connectivity index (χ4n) is 2.64. The summed E-state index contributed by atoms with van der Waals surface area (Å²) in [6.45, 7) is 1.88. The van der Waals surface area contributed by atoms with Gasteiger partial charge in [-0.3, -0.25) is 0 Å². The summed E-state index contributed by atoms with van der Waals surface area (Å²) in [5.41, 5.74) is 1.32. The molecule has 3 rings (SSSR count). The monoisotopic (exact) mass is 338 g/mol. The standard InChI is InChI=1S/C19H18N2O4/c1-12-9-16(19(22)24-12)21-14-4-6-15(7-5-14)25-17-8-3-13(11-20)10-18(17)23-2/h3-8,10,12,16,21H,9H2,1-2H3/t12-,16+/m1/s1. The van der Waals surface area contributed by atoms with Crippen LogP contribution in [0, 0.1) is 11.3 Å². The second-order valence-corrected chi connectivity index (χ2v) is 5.78. The Morgan fingerprint density at radius 1 is 1.20 bits per heavy atom. The number of rotatable bonds is 5. The third-order valence-electron chi connectivity index (χ3n) is 3.89. The Labute approximate surface area is 145 Å². The number of hydrogen-bond donors (Lipinski definition) is 1. The molecule has 0 bridgehead atoms. The fraction of sp³-hybridized carbons (Fsp3) is 0.263. The van der Waals surface area contributed by atoms with Crippen molar-refractivity contribution in [2.75, 3.05) is 12.4 Å². The summed E-state index contributed by atoms with van der Waals surface area (Å²) < 4.78 is 16.2. The summed E-state index contributed by atoms with van der Waals surface area (Å²) in [7, 11) is 1.53. The van der Waals surface area contributed by atoms with Gasteiger partial charge in [-0.1, -0.05) is 0 Å². The van der Waals surface area contributed by atoms with E-state index in [1.165, 1.54) is 7.11 Å². The Kier molecular flexibility index (Phi) is 4.75. The van der Waals surface area contributed by atoms with Crippen molar-refractivity contribution >= 4 is 11.7 Å². The molecule has 1 aliphatic rings. The molecule has 2 aromatic rings. The van der Waals surface area contributed by atoms with Crippen molar-refractivity contribution in [3.05, 3.63) is 48.0 Å². The molecule has 1 aliphatic heterocycles. The molecule has 0 amide bonds.